The molecule has 2 nitrogen and oxygen atoms in total. The normalized spacial score (nSPS) is 38.5. The summed E-state index contributed by atoms with van der Waals surface area (Å²) in [6, 6.07) is 0. The van der Waals surface area contributed by atoms with Crippen LogP contribution in [0.4, 0.5) is 0 Å². The summed E-state index contributed by atoms with van der Waals surface area (Å²) in [5, 5.41) is 0. The molecule has 1 fully saturated rings. The van der Waals surface area contributed by atoms with Gasteiger partial charge in [0.1, 0.15) is 0 Å². The van der Waals surface area contributed by atoms with Crippen molar-refractivity contribution < 1.29 is 9.53 Å². The van der Waals surface area contributed by atoms with E-state index < -0.39 is 0 Å². The van der Waals surface area contributed by atoms with Crippen LogP contribution in [0.1, 0.15) is 33.6 Å². The first-order valence-corrected chi connectivity index (χ1v) is 4.24. The molecule has 0 aromatic heterocycles. The molecule has 0 radical (unpaired) electrons. The van der Waals surface area contributed by atoms with Gasteiger partial charge < -0.3 is 4.74 Å². The van der Waals surface area contributed by atoms with Gasteiger partial charge in [-0.2, -0.15) is 0 Å². The Bertz CT molecular complexity index is 165. The smallest absolute Gasteiger partial charge is 0.308 e. The van der Waals surface area contributed by atoms with Crippen molar-refractivity contribution >= 4 is 5.97 Å². The number of carbonyl (C=O) groups is 1. The molecule has 1 aliphatic heterocycles. The predicted octanol–water partition coefficient (Wildman–Crippen LogP) is 1.99. The first kappa shape index (κ1) is 8.57. The number of hydrogen-bond acceptors (Lipinski definition) is 2. The summed E-state index contributed by atoms with van der Waals surface area (Å²) in [7, 11) is 0. The second-order valence-corrected chi connectivity index (χ2v) is 3.88. The lowest BCUT2D eigenvalue weighted by molar-refractivity contribution is -0.160. The zero-order valence-electron chi connectivity index (χ0n) is 7.52. The molecule has 11 heavy (non-hydrogen) atoms. The van der Waals surface area contributed by atoms with E-state index in [2.05, 4.69) is 13.8 Å². The zero-order chi connectivity index (χ0) is 8.48. The lowest BCUT2D eigenvalue weighted by Crippen LogP contribution is -2.36. The van der Waals surface area contributed by atoms with Gasteiger partial charge in [0.05, 0.1) is 12.5 Å². The molecule has 1 saturated heterocycles. The van der Waals surface area contributed by atoms with E-state index in [9.17, 15) is 4.79 Å². The Kier molecular flexibility index (Phi) is 2.21. The van der Waals surface area contributed by atoms with Gasteiger partial charge in [0.25, 0.3) is 0 Å². The summed E-state index contributed by atoms with van der Waals surface area (Å²) in [5.41, 5.74) is 0.229. The zero-order valence-corrected chi connectivity index (χ0v) is 7.52. The molecule has 2 heteroatoms. The molecule has 0 aromatic rings. The summed E-state index contributed by atoms with van der Waals surface area (Å²) in [4.78, 5) is 11.0. The average Bonchev–Trinajstić information content (AvgIpc) is 1.98. The van der Waals surface area contributed by atoms with Crippen LogP contribution in [0.15, 0.2) is 0 Å². The molecular weight excluding hydrogens is 140 g/mol. The lowest BCUT2D eigenvalue weighted by atomic mass is 9.78. The van der Waals surface area contributed by atoms with Gasteiger partial charge in [0.2, 0.25) is 0 Å². The van der Waals surface area contributed by atoms with Crippen molar-refractivity contribution in [3.63, 3.8) is 0 Å². The molecule has 0 bridgehead atoms. The van der Waals surface area contributed by atoms with E-state index in [0.717, 1.165) is 12.8 Å². The Balaban J connectivity index is 2.58. The highest BCUT2D eigenvalue weighted by molar-refractivity contribution is 5.72. The maximum Gasteiger partial charge on any atom is 0.308 e. The summed E-state index contributed by atoms with van der Waals surface area (Å²) in [5.74, 6) is 0.0598. The van der Waals surface area contributed by atoms with Crippen molar-refractivity contribution in [2.75, 3.05) is 6.61 Å². The fourth-order valence-corrected chi connectivity index (χ4v) is 1.52. The van der Waals surface area contributed by atoms with Gasteiger partial charge >= 0.3 is 5.97 Å². The molecule has 2 unspecified atom stereocenters. The van der Waals surface area contributed by atoms with Crippen molar-refractivity contribution in [3.05, 3.63) is 0 Å². The van der Waals surface area contributed by atoms with Crippen molar-refractivity contribution in [1.82, 2.24) is 0 Å². The second-order valence-electron chi connectivity index (χ2n) is 3.88. The minimum Gasteiger partial charge on any atom is -0.465 e. The lowest BCUT2D eigenvalue weighted by Gasteiger charge is -2.34. The number of esters is 1. The number of hydrogen-bond donors (Lipinski definition) is 0. The number of cyclic esters (lactones) is 1. The average molecular weight is 156 g/mol. The third-order valence-electron chi connectivity index (χ3n) is 2.62. The Morgan fingerprint density at radius 3 is 2.82 bits per heavy atom. The monoisotopic (exact) mass is 156 g/mol. The van der Waals surface area contributed by atoms with Crippen LogP contribution in [0.25, 0.3) is 0 Å². The van der Waals surface area contributed by atoms with Crippen LogP contribution in [0.5, 0.6) is 0 Å². The van der Waals surface area contributed by atoms with Crippen LogP contribution in [0.2, 0.25) is 0 Å². The van der Waals surface area contributed by atoms with E-state index in [1.807, 2.05) is 6.92 Å². The van der Waals surface area contributed by atoms with Gasteiger partial charge in [-0.1, -0.05) is 20.8 Å². The number of rotatable bonds is 1. The fourth-order valence-electron chi connectivity index (χ4n) is 1.52. The molecule has 0 aromatic carbocycles. The van der Waals surface area contributed by atoms with E-state index in [-0.39, 0.29) is 17.3 Å². The minimum atomic E-state index is -0.0316. The van der Waals surface area contributed by atoms with Crippen molar-refractivity contribution in [1.29, 1.82) is 0 Å². The molecule has 0 N–H and O–H groups in total. The molecule has 0 spiro atoms. The SMILES string of the molecule is CCC1(C)COC(=O)C(C)C1. The van der Waals surface area contributed by atoms with Gasteiger partial charge in [0.15, 0.2) is 0 Å². The van der Waals surface area contributed by atoms with Crippen LogP contribution in [-0.4, -0.2) is 12.6 Å². The highest BCUT2D eigenvalue weighted by Crippen LogP contribution is 2.34. The van der Waals surface area contributed by atoms with Crippen molar-refractivity contribution in [2.24, 2.45) is 11.3 Å². The van der Waals surface area contributed by atoms with Crippen LogP contribution in [0.3, 0.4) is 0 Å². The Hall–Kier alpha value is -0.530. The van der Waals surface area contributed by atoms with Gasteiger partial charge in [-0.3, -0.25) is 4.79 Å². The number of ether oxygens (including phenoxy) is 1. The Morgan fingerprint density at radius 1 is 1.73 bits per heavy atom. The maximum absolute atomic E-state index is 11.0. The largest absolute Gasteiger partial charge is 0.465 e. The van der Waals surface area contributed by atoms with Crippen LogP contribution in [0, 0.1) is 11.3 Å². The molecular formula is C9H16O2. The van der Waals surface area contributed by atoms with Crippen LogP contribution in [-0.2, 0) is 9.53 Å². The second kappa shape index (κ2) is 2.84. The summed E-state index contributed by atoms with van der Waals surface area (Å²) in [6.45, 7) is 6.86. The highest BCUT2D eigenvalue weighted by Gasteiger charge is 2.34. The van der Waals surface area contributed by atoms with Crippen LogP contribution >= 0.6 is 0 Å². The molecule has 0 amide bonds. The summed E-state index contributed by atoms with van der Waals surface area (Å²) < 4.78 is 5.06. The molecule has 1 aliphatic rings. The molecule has 1 rings (SSSR count). The van der Waals surface area contributed by atoms with Gasteiger partial charge in [-0.25, -0.2) is 0 Å². The third kappa shape index (κ3) is 1.73. The topological polar surface area (TPSA) is 26.3 Å². The van der Waals surface area contributed by atoms with Gasteiger partial charge in [0, 0.05) is 5.41 Å². The van der Waals surface area contributed by atoms with E-state index >= 15 is 0 Å². The first-order chi connectivity index (χ1) is 5.07. The van der Waals surface area contributed by atoms with Crippen molar-refractivity contribution in [3.8, 4) is 0 Å². The third-order valence-corrected chi connectivity index (χ3v) is 2.62. The Labute approximate surface area is 67.9 Å². The van der Waals surface area contributed by atoms with E-state index in [0.29, 0.717) is 6.61 Å². The minimum absolute atomic E-state index is 0.0316. The van der Waals surface area contributed by atoms with Crippen molar-refractivity contribution in [2.45, 2.75) is 33.6 Å². The Morgan fingerprint density at radius 2 is 2.36 bits per heavy atom. The molecule has 0 saturated carbocycles. The van der Waals surface area contributed by atoms with Crippen LogP contribution < -0.4 is 0 Å². The maximum atomic E-state index is 11.0. The van der Waals surface area contributed by atoms with Gasteiger partial charge in [-0.05, 0) is 12.8 Å². The quantitative estimate of drug-likeness (QED) is 0.543. The van der Waals surface area contributed by atoms with E-state index in [1.54, 1.807) is 0 Å². The molecule has 1 heterocycles. The number of carbonyl (C=O) groups excluding carboxylic acids is 1. The molecule has 64 valence electrons. The fraction of sp³-hybridized carbons (Fsp3) is 0.889. The molecule has 2 atom stereocenters. The standard InChI is InChI=1S/C9H16O2/c1-4-9(3)5-7(2)8(10)11-6-9/h7H,4-6H2,1-3H3. The molecule has 0 aliphatic carbocycles. The van der Waals surface area contributed by atoms with E-state index in [1.165, 1.54) is 0 Å². The van der Waals surface area contributed by atoms with Gasteiger partial charge in [-0.15, -0.1) is 0 Å². The first-order valence-electron chi connectivity index (χ1n) is 4.24. The highest BCUT2D eigenvalue weighted by atomic mass is 16.5. The van der Waals surface area contributed by atoms with E-state index in [4.69, 9.17) is 4.74 Å². The predicted molar refractivity (Wildman–Crippen MR) is 43.1 cm³/mol. The summed E-state index contributed by atoms with van der Waals surface area (Å²) >= 11 is 0. The summed E-state index contributed by atoms with van der Waals surface area (Å²) in [6.07, 6.45) is 2.06.